The number of hydrogen-bond acceptors (Lipinski definition) is 4. The fraction of sp³-hybridized carbons (Fsp3) is 0.0526. The summed E-state index contributed by atoms with van der Waals surface area (Å²) in [5.41, 5.74) is 1.33. The fourth-order valence-corrected chi connectivity index (χ4v) is 2.89. The second kappa shape index (κ2) is 8.41. The molecule has 2 aromatic carbocycles. The number of nitro groups is 1. The van der Waals surface area contributed by atoms with Crippen molar-refractivity contribution in [2.45, 2.75) is 6.54 Å². The van der Waals surface area contributed by atoms with Crippen LogP contribution in [0.5, 0.6) is 0 Å². The van der Waals surface area contributed by atoms with Crippen molar-refractivity contribution < 1.29 is 9.72 Å². The van der Waals surface area contributed by atoms with Gasteiger partial charge in [0.2, 0.25) is 5.91 Å². The highest BCUT2D eigenvalue weighted by molar-refractivity contribution is 9.10. The van der Waals surface area contributed by atoms with Crippen molar-refractivity contribution in [3.8, 4) is 0 Å². The number of benzene rings is 2. The van der Waals surface area contributed by atoms with E-state index in [4.69, 9.17) is 0 Å². The van der Waals surface area contributed by atoms with Gasteiger partial charge in [0.05, 0.1) is 23.2 Å². The van der Waals surface area contributed by atoms with E-state index >= 15 is 0 Å². The molecule has 0 radical (unpaired) electrons. The Bertz CT molecular complexity index is 1010. The van der Waals surface area contributed by atoms with E-state index in [-0.39, 0.29) is 5.69 Å². The summed E-state index contributed by atoms with van der Waals surface area (Å²) in [6.07, 6.45) is 4.28. The van der Waals surface area contributed by atoms with Crippen molar-refractivity contribution in [1.29, 1.82) is 0 Å². The van der Waals surface area contributed by atoms with Gasteiger partial charge >= 0.3 is 0 Å². The van der Waals surface area contributed by atoms with E-state index in [1.807, 2.05) is 24.3 Å². The molecule has 0 aliphatic heterocycles. The van der Waals surface area contributed by atoms with Gasteiger partial charge in [-0.2, -0.15) is 5.10 Å². The summed E-state index contributed by atoms with van der Waals surface area (Å²) in [5, 5.41) is 18.0. The lowest BCUT2D eigenvalue weighted by Gasteiger charge is -2.09. The Labute approximate surface area is 163 Å². The van der Waals surface area contributed by atoms with Crippen molar-refractivity contribution in [2.75, 3.05) is 5.32 Å². The van der Waals surface area contributed by atoms with E-state index < -0.39 is 10.8 Å². The maximum Gasteiger partial charge on any atom is 0.276 e. The SMILES string of the molecule is O=C(C=Cc1ccccc1[N+](=O)[O-])Nc1ccnn1Cc1ccccc1Br. The van der Waals surface area contributed by atoms with Crippen molar-refractivity contribution in [3.05, 3.63) is 92.6 Å². The van der Waals surface area contributed by atoms with Crippen LogP contribution in [0.1, 0.15) is 11.1 Å². The van der Waals surface area contributed by atoms with Gasteiger partial charge in [-0.1, -0.05) is 46.3 Å². The third-order valence-electron chi connectivity index (χ3n) is 3.79. The van der Waals surface area contributed by atoms with E-state index in [0.717, 1.165) is 10.0 Å². The third kappa shape index (κ3) is 4.68. The minimum Gasteiger partial charge on any atom is -0.307 e. The Kier molecular flexibility index (Phi) is 5.77. The van der Waals surface area contributed by atoms with E-state index in [1.165, 1.54) is 18.2 Å². The summed E-state index contributed by atoms with van der Waals surface area (Å²) in [4.78, 5) is 22.8. The molecule has 3 rings (SSSR count). The first-order chi connectivity index (χ1) is 13.0. The summed E-state index contributed by atoms with van der Waals surface area (Å²) in [6.45, 7) is 0.484. The number of halogens is 1. The molecular weight excluding hydrogens is 412 g/mol. The number of rotatable bonds is 6. The lowest BCUT2D eigenvalue weighted by molar-refractivity contribution is -0.385. The van der Waals surface area contributed by atoms with E-state index in [1.54, 1.807) is 35.1 Å². The predicted molar refractivity (Wildman–Crippen MR) is 106 cm³/mol. The number of anilines is 1. The Morgan fingerprint density at radius 1 is 1.19 bits per heavy atom. The average molecular weight is 427 g/mol. The van der Waals surface area contributed by atoms with Gasteiger partial charge in [0.15, 0.2) is 0 Å². The zero-order chi connectivity index (χ0) is 19.2. The molecule has 0 spiro atoms. The average Bonchev–Trinajstić information content (AvgIpc) is 3.08. The highest BCUT2D eigenvalue weighted by Gasteiger charge is 2.11. The third-order valence-corrected chi connectivity index (χ3v) is 4.57. The second-order valence-electron chi connectivity index (χ2n) is 5.60. The molecule has 3 aromatic rings. The lowest BCUT2D eigenvalue weighted by Crippen LogP contribution is -2.14. The van der Waals surface area contributed by atoms with Gasteiger partial charge in [-0.25, -0.2) is 4.68 Å². The number of hydrogen-bond donors (Lipinski definition) is 1. The summed E-state index contributed by atoms with van der Waals surface area (Å²) in [5.74, 6) is 0.130. The van der Waals surface area contributed by atoms with Gasteiger partial charge in [0, 0.05) is 22.7 Å². The van der Waals surface area contributed by atoms with Crippen molar-refractivity contribution in [2.24, 2.45) is 0 Å². The summed E-state index contributed by atoms with van der Waals surface area (Å²) in [6, 6.07) is 15.7. The molecule has 1 aromatic heterocycles. The van der Waals surface area contributed by atoms with Crippen LogP contribution in [-0.4, -0.2) is 20.6 Å². The molecule has 1 heterocycles. The Morgan fingerprint density at radius 3 is 2.70 bits per heavy atom. The molecule has 7 nitrogen and oxygen atoms in total. The number of aromatic nitrogens is 2. The first kappa shape index (κ1) is 18.5. The van der Waals surface area contributed by atoms with E-state index in [9.17, 15) is 14.9 Å². The van der Waals surface area contributed by atoms with Crippen LogP contribution in [0.3, 0.4) is 0 Å². The number of para-hydroxylation sites is 1. The van der Waals surface area contributed by atoms with Crippen LogP contribution in [0.4, 0.5) is 11.5 Å². The standard InChI is InChI=1S/C19H15BrN4O3/c20-16-7-3-1-6-15(16)13-23-18(11-12-21-23)22-19(25)10-9-14-5-2-4-8-17(14)24(26)27/h1-12H,13H2,(H,22,25). The first-order valence-corrected chi connectivity index (χ1v) is 8.81. The minimum absolute atomic E-state index is 0.0551. The van der Waals surface area contributed by atoms with Gasteiger partial charge in [0.25, 0.3) is 5.69 Å². The minimum atomic E-state index is -0.482. The number of carbonyl (C=O) groups excluding carboxylic acids is 1. The lowest BCUT2D eigenvalue weighted by atomic mass is 10.1. The van der Waals surface area contributed by atoms with Gasteiger partial charge < -0.3 is 5.32 Å². The summed E-state index contributed by atoms with van der Waals surface area (Å²) in [7, 11) is 0. The molecule has 27 heavy (non-hydrogen) atoms. The van der Waals surface area contributed by atoms with Crippen LogP contribution < -0.4 is 5.32 Å². The Hall–Kier alpha value is -3.26. The fourth-order valence-electron chi connectivity index (χ4n) is 2.48. The van der Waals surface area contributed by atoms with Crippen LogP contribution in [0.2, 0.25) is 0 Å². The molecule has 1 amide bonds. The highest BCUT2D eigenvalue weighted by atomic mass is 79.9. The maximum absolute atomic E-state index is 12.2. The molecule has 0 aliphatic rings. The van der Waals surface area contributed by atoms with E-state index in [0.29, 0.717) is 17.9 Å². The molecule has 1 N–H and O–H groups in total. The summed E-state index contributed by atoms with van der Waals surface area (Å²) >= 11 is 3.49. The predicted octanol–water partition coefficient (Wildman–Crippen LogP) is 4.25. The molecule has 0 saturated carbocycles. The van der Waals surface area contributed by atoms with Crippen LogP contribution in [0, 0.1) is 10.1 Å². The number of nitro benzene ring substituents is 1. The molecular formula is C19H15BrN4O3. The monoisotopic (exact) mass is 426 g/mol. The number of amides is 1. The smallest absolute Gasteiger partial charge is 0.276 e. The largest absolute Gasteiger partial charge is 0.307 e. The maximum atomic E-state index is 12.2. The normalized spacial score (nSPS) is 10.9. The quantitative estimate of drug-likeness (QED) is 0.362. The number of nitrogens with zero attached hydrogens (tertiary/aromatic N) is 3. The summed E-state index contributed by atoms with van der Waals surface area (Å²) < 4.78 is 2.62. The van der Waals surface area contributed by atoms with Gasteiger partial charge in [-0.15, -0.1) is 0 Å². The molecule has 0 bridgehead atoms. The van der Waals surface area contributed by atoms with Gasteiger partial charge in [-0.05, 0) is 23.8 Å². The molecule has 0 fully saturated rings. The molecule has 0 saturated heterocycles. The van der Waals surface area contributed by atoms with Crippen molar-refractivity contribution in [1.82, 2.24) is 9.78 Å². The van der Waals surface area contributed by atoms with Crippen LogP contribution in [0.25, 0.3) is 6.08 Å². The zero-order valence-corrected chi connectivity index (χ0v) is 15.7. The Morgan fingerprint density at radius 2 is 1.93 bits per heavy atom. The van der Waals surface area contributed by atoms with Crippen LogP contribution in [0.15, 0.2) is 71.3 Å². The van der Waals surface area contributed by atoms with Gasteiger partial charge in [0.1, 0.15) is 5.82 Å². The van der Waals surface area contributed by atoms with Gasteiger partial charge in [-0.3, -0.25) is 14.9 Å². The molecule has 0 aliphatic carbocycles. The van der Waals surface area contributed by atoms with Crippen LogP contribution >= 0.6 is 15.9 Å². The first-order valence-electron chi connectivity index (χ1n) is 8.02. The van der Waals surface area contributed by atoms with Crippen LogP contribution in [-0.2, 0) is 11.3 Å². The molecule has 8 heteroatoms. The van der Waals surface area contributed by atoms with Crippen molar-refractivity contribution in [3.63, 3.8) is 0 Å². The molecule has 0 unspecified atom stereocenters. The second-order valence-corrected chi connectivity index (χ2v) is 6.46. The van der Waals surface area contributed by atoms with E-state index in [2.05, 4.69) is 26.3 Å². The topological polar surface area (TPSA) is 90.1 Å². The zero-order valence-electron chi connectivity index (χ0n) is 14.1. The Balaban J connectivity index is 1.72. The highest BCUT2D eigenvalue weighted by Crippen LogP contribution is 2.20. The number of carbonyl (C=O) groups is 1. The molecule has 136 valence electrons. The number of nitrogens with one attached hydrogen (secondary N) is 1. The molecule has 0 atom stereocenters. The van der Waals surface area contributed by atoms with Crippen molar-refractivity contribution >= 4 is 39.4 Å².